The van der Waals surface area contributed by atoms with Crippen molar-refractivity contribution in [3.63, 3.8) is 0 Å². The van der Waals surface area contributed by atoms with E-state index in [-0.39, 0.29) is 5.56 Å². The molecule has 0 fully saturated rings. The molecule has 0 aliphatic carbocycles. The molecule has 76 valence electrons. The molecule has 0 nitrogen and oxygen atoms in total. The molecule has 0 spiro atoms. The van der Waals surface area contributed by atoms with E-state index in [1.165, 1.54) is 6.08 Å². The van der Waals surface area contributed by atoms with Crippen molar-refractivity contribution >= 4 is 6.08 Å². The summed E-state index contributed by atoms with van der Waals surface area (Å²) in [5.74, 6) is -0.863. The lowest BCUT2D eigenvalue weighted by molar-refractivity contribution is -0.137. The number of allylic oxidation sites excluding steroid dienone is 1. The molecule has 1 aromatic rings. The van der Waals surface area contributed by atoms with Crippen LogP contribution in [0.1, 0.15) is 18.1 Å². The van der Waals surface area contributed by atoms with Gasteiger partial charge in [-0.3, -0.25) is 0 Å². The number of alkyl halides is 3. The second-order valence-electron chi connectivity index (χ2n) is 2.73. The SMILES string of the molecule is C/C=C/c1ccc(C(F)(F)F)cc1F. The Morgan fingerprint density at radius 2 is 1.86 bits per heavy atom. The van der Waals surface area contributed by atoms with Gasteiger partial charge in [0.05, 0.1) is 5.56 Å². The highest BCUT2D eigenvalue weighted by molar-refractivity contribution is 5.50. The minimum absolute atomic E-state index is 0.153. The summed E-state index contributed by atoms with van der Waals surface area (Å²) in [5.41, 5.74) is -0.816. The van der Waals surface area contributed by atoms with Gasteiger partial charge in [0.1, 0.15) is 5.82 Å². The standard InChI is InChI=1S/C10H8F4/c1-2-3-7-4-5-8(6-9(7)11)10(12,13)14/h2-6H,1H3/b3-2+. The molecule has 0 saturated heterocycles. The van der Waals surface area contributed by atoms with Gasteiger partial charge in [0.25, 0.3) is 0 Å². The Hall–Kier alpha value is -1.32. The molecule has 0 unspecified atom stereocenters. The van der Waals surface area contributed by atoms with Gasteiger partial charge in [-0.25, -0.2) is 4.39 Å². The lowest BCUT2D eigenvalue weighted by atomic mass is 10.1. The van der Waals surface area contributed by atoms with Gasteiger partial charge in [-0.2, -0.15) is 13.2 Å². The van der Waals surface area contributed by atoms with E-state index in [2.05, 4.69) is 0 Å². The third kappa shape index (κ3) is 2.34. The highest BCUT2D eigenvalue weighted by Crippen LogP contribution is 2.30. The number of hydrogen-bond donors (Lipinski definition) is 0. The van der Waals surface area contributed by atoms with Gasteiger partial charge in [0.2, 0.25) is 0 Å². The molecular formula is C10H8F4. The van der Waals surface area contributed by atoms with Crippen molar-refractivity contribution < 1.29 is 17.6 Å². The molecule has 0 bridgehead atoms. The van der Waals surface area contributed by atoms with Crippen molar-refractivity contribution in [3.8, 4) is 0 Å². The Balaban J connectivity index is 3.13. The van der Waals surface area contributed by atoms with Gasteiger partial charge >= 0.3 is 6.18 Å². The van der Waals surface area contributed by atoms with Crippen LogP contribution in [-0.4, -0.2) is 0 Å². The van der Waals surface area contributed by atoms with Gasteiger partial charge in [-0.05, 0) is 19.1 Å². The van der Waals surface area contributed by atoms with Gasteiger partial charge in [-0.1, -0.05) is 18.2 Å². The van der Waals surface area contributed by atoms with Crippen molar-refractivity contribution in [2.24, 2.45) is 0 Å². The van der Waals surface area contributed by atoms with Crippen LogP contribution in [-0.2, 0) is 6.18 Å². The topological polar surface area (TPSA) is 0 Å². The molecule has 0 amide bonds. The normalized spacial score (nSPS) is 12.4. The summed E-state index contributed by atoms with van der Waals surface area (Å²) in [6.07, 6.45) is -1.52. The molecule has 1 rings (SSSR count). The molecule has 0 aromatic heterocycles. The average Bonchev–Trinajstić information content (AvgIpc) is 2.07. The van der Waals surface area contributed by atoms with Crippen LogP contribution in [0.4, 0.5) is 17.6 Å². The van der Waals surface area contributed by atoms with Crippen molar-refractivity contribution in [2.75, 3.05) is 0 Å². The first-order chi connectivity index (χ1) is 6.45. The smallest absolute Gasteiger partial charge is 0.206 e. The summed E-state index contributed by atoms with van der Waals surface area (Å²) in [7, 11) is 0. The lowest BCUT2D eigenvalue weighted by Gasteiger charge is -2.07. The van der Waals surface area contributed by atoms with Crippen LogP contribution in [0.25, 0.3) is 6.08 Å². The Labute approximate surface area is 78.9 Å². The number of rotatable bonds is 1. The molecule has 0 atom stereocenters. The van der Waals surface area contributed by atoms with Crippen molar-refractivity contribution in [2.45, 2.75) is 13.1 Å². The Bertz CT molecular complexity index is 350. The number of benzene rings is 1. The third-order valence-electron chi connectivity index (χ3n) is 1.67. The molecule has 14 heavy (non-hydrogen) atoms. The second kappa shape index (κ2) is 3.82. The minimum Gasteiger partial charge on any atom is -0.206 e. The minimum atomic E-state index is -4.49. The summed E-state index contributed by atoms with van der Waals surface area (Å²) in [6.45, 7) is 1.66. The zero-order valence-corrected chi connectivity index (χ0v) is 7.40. The molecule has 0 aliphatic heterocycles. The van der Waals surface area contributed by atoms with Crippen LogP contribution in [0.2, 0.25) is 0 Å². The zero-order valence-electron chi connectivity index (χ0n) is 7.40. The van der Waals surface area contributed by atoms with Crippen LogP contribution >= 0.6 is 0 Å². The molecule has 4 heteroatoms. The van der Waals surface area contributed by atoms with E-state index < -0.39 is 17.6 Å². The van der Waals surface area contributed by atoms with E-state index in [0.29, 0.717) is 6.07 Å². The van der Waals surface area contributed by atoms with Gasteiger partial charge in [-0.15, -0.1) is 0 Å². The largest absolute Gasteiger partial charge is 0.416 e. The predicted octanol–water partition coefficient (Wildman–Crippen LogP) is 3.88. The van der Waals surface area contributed by atoms with E-state index in [9.17, 15) is 17.6 Å². The maximum atomic E-state index is 13.0. The van der Waals surface area contributed by atoms with Crippen LogP contribution in [0.5, 0.6) is 0 Å². The third-order valence-corrected chi connectivity index (χ3v) is 1.67. The zero-order chi connectivity index (χ0) is 10.8. The number of halogens is 4. The van der Waals surface area contributed by atoms with E-state index in [1.54, 1.807) is 13.0 Å². The molecule has 0 radical (unpaired) electrons. The molecule has 0 heterocycles. The van der Waals surface area contributed by atoms with Crippen LogP contribution in [0.3, 0.4) is 0 Å². The summed E-state index contributed by atoms with van der Waals surface area (Å²) in [6, 6.07) is 2.46. The van der Waals surface area contributed by atoms with Gasteiger partial charge in [0.15, 0.2) is 0 Å². The highest BCUT2D eigenvalue weighted by Gasteiger charge is 2.30. The predicted molar refractivity (Wildman–Crippen MR) is 46.1 cm³/mol. The molecule has 0 aliphatic rings. The fraction of sp³-hybridized carbons (Fsp3) is 0.200. The Morgan fingerprint density at radius 3 is 2.29 bits per heavy atom. The van der Waals surface area contributed by atoms with Gasteiger partial charge in [0, 0.05) is 5.56 Å². The van der Waals surface area contributed by atoms with Crippen molar-refractivity contribution in [1.82, 2.24) is 0 Å². The van der Waals surface area contributed by atoms with Crippen LogP contribution < -0.4 is 0 Å². The summed E-state index contributed by atoms with van der Waals surface area (Å²) >= 11 is 0. The summed E-state index contributed by atoms with van der Waals surface area (Å²) in [4.78, 5) is 0. The first-order valence-electron chi connectivity index (χ1n) is 3.94. The summed E-state index contributed by atoms with van der Waals surface area (Å²) in [5, 5.41) is 0. The van der Waals surface area contributed by atoms with Crippen molar-refractivity contribution in [1.29, 1.82) is 0 Å². The van der Waals surface area contributed by atoms with Crippen molar-refractivity contribution in [3.05, 3.63) is 41.2 Å². The average molecular weight is 204 g/mol. The lowest BCUT2D eigenvalue weighted by Crippen LogP contribution is -2.05. The monoisotopic (exact) mass is 204 g/mol. The van der Waals surface area contributed by atoms with Crippen LogP contribution in [0.15, 0.2) is 24.3 Å². The van der Waals surface area contributed by atoms with Crippen LogP contribution in [0, 0.1) is 5.82 Å². The Kier molecular flexibility index (Phi) is 2.93. The second-order valence-corrected chi connectivity index (χ2v) is 2.73. The highest BCUT2D eigenvalue weighted by atomic mass is 19.4. The van der Waals surface area contributed by atoms with E-state index >= 15 is 0 Å². The van der Waals surface area contributed by atoms with E-state index in [1.807, 2.05) is 0 Å². The first kappa shape index (κ1) is 10.8. The summed E-state index contributed by atoms with van der Waals surface area (Å²) < 4.78 is 49.3. The molecule has 0 N–H and O–H groups in total. The maximum absolute atomic E-state index is 13.0. The fourth-order valence-electron chi connectivity index (χ4n) is 1.02. The van der Waals surface area contributed by atoms with E-state index in [4.69, 9.17) is 0 Å². The fourth-order valence-corrected chi connectivity index (χ4v) is 1.02. The Morgan fingerprint density at radius 1 is 1.21 bits per heavy atom. The number of hydrogen-bond acceptors (Lipinski definition) is 0. The molecular weight excluding hydrogens is 196 g/mol. The quantitative estimate of drug-likeness (QED) is 0.609. The molecule has 1 aromatic carbocycles. The van der Waals surface area contributed by atoms with E-state index in [0.717, 1.165) is 12.1 Å². The molecule has 0 saturated carbocycles. The maximum Gasteiger partial charge on any atom is 0.416 e. The first-order valence-corrected chi connectivity index (χ1v) is 3.94. The van der Waals surface area contributed by atoms with Gasteiger partial charge < -0.3 is 0 Å².